The van der Waals surface area contributed by atoms with Crippen LogP contribution in [0.2, 0.25) is 0 Å². The molecule has 0 spiro atoms. The average molecular weight is 374 g/mol. The summed E-state index contributed by atoms with van der Waals surface area (Å²) < 4.78 is 5.38. The van der Waals surface area contributed by atoms with E-state index in [1.165, 1.54) is 0 Å². The maximum absolute atomic E-state index is 5.38. The van der Waals surface area contributed by atoms with E-state index < -0.39 is 0 Å². The second-order valence-electron chi connectivity index (χ2n) is 6.40. The van der Waals surface area contributed by atoms with Crippen LogP contribution in [0.3, 0.4) is 0 Å². The van der Waals surface area contributed by atoms with Crippen LogP contribution < -0.4 is 10.1 Å². The summed E-state index contributed by atoms with van der Waals surface area (Å²) in [7, 11) is 1.68. The lowest BCUT2D eigenvalue weighted by Gasteiger charge is -2.10. The molecule has 3 aromatic rings. The lowest BCUT2D eigenvalue weighted by atomic mass is 10.1. The predicted octanol–water partition coefficient (Wildman–Crippen LogP) is 5.80. The largest absolute Gasteiger partial charge is 0.497 e. The molecule has 144 valence electrons. The summed E-state index contributed by atoms with van der Waals surface area (Å²) in [5.74, 6) is 1.59. The number of unbranched alkanes of at least 4 members (excludes halogenated alkanes) is 1. The fourth-order valence-electron chi connectivity index (χ4n) is 2.85. The molecule has 0 saturated carbocycles. The van der Waals surface area contributed by atoms with Crippen molar-refractivity contribution in [1.29, 1.82) is 0 Å². The van der Waals surface area contributed by atoms with E-state index in [0.29, 0.717) is 0 Å². The van der Waals surface area contributed by atoms with Crippen molar-refractivity contribution in [3.63, 3.8) is 0 Å². The lowest BCUT2D eigenvalue weighted by molar-refractivity contribution is 0.414. The van der Waals surface area contributed by atoms with Crippen LogP contribution in [0.5, 0.6) is 5.75 Å². The van der Waals surface area contributed by atoms with Gasteiger partial charge in [-0.05, 0) is 49.8 Å². The number of methoxy groups -OCH3 is 1. The van der Waals surface area contributed by atoms with Gasteiger partial charge >= 0.3 is 0 Å². The Bertz CT molecular complexity index is 1010. The van der Waals surface area contributed by atoms with Crippen molar-refractivity contribution in [2.75, 3.05) is 12.4 Å². The molecule has 0 aliphatic heterocycles. The van der Waals surface area contributed by atoms with Crippen LogP contribution in [0.4, 0.5) is 5.69 Å². The summed E-state index contributed by atoms with van der Waals surface area (Å²) in [6.07, 6.45) is 9.95. The van der Waals surface area contributed by atoms with Crippen molar-refractivity contribution in [3.05, 3.63) is 72.5 Å². The van der Waals surface area contributed by atoms with E-state index in [4.69, 9.17) is 9.73 Å². The first-order chi connectivity index (χ1) is 13.7. The Balaban J connectivity index is 1.95. The van der Waals surface area contributed by atoms with Crippen LogP contribution in [0.15, 0.2) is 71.9 Å². The maximum Gasteiger partial charge on any atom is 0.130 e. The number of benzene rings is 2. The number of nitrogens with zero attached hydrogens (tertiary/aromatic N) is 2. The molecule has 0 saturated heterocycles. The molecular formula is C23H26N4O. The van der Waals surface area contributed by atoms with Gasteiger partial charge in [0.05, 0.1) is 24.5 Å². The number of fused-ring (bicyclic) bond motifs is 1. The van der Waals surface area contributed by atoms with E-state index in [1.54, 1.807) is 7.11 Å². The van der Waals surface area contributed by atoms with Crippen molar-refractivity contribution >= 4 is 28.1 Å². The number of aromatic nitrogens is 2. The third-order valence-corrected chi connectivity index (χ3v) is 4.27. The van der Waals surface area contributed by atoms with Crippen molar-refractivity contribution < 1.29 is 4.74 Å². The van der Waals surface area contributed by atoms with Crippen LogP contribution in [0.1, 0.15) is 32.3 Å². The van der Waals surface area contributed by atoms with E-state index in [-0.39, 0.29) is 0 Å². The number of nitrogens with one attached hydrogen (secondary N) is 2. The Hall–Kier alpha value is -3.34. The molecule has 2 aromatic carbocycles. The maximum atomic E-state index is 5.38. The predicted molar refractivity (Wildman–Crippen MR) is 118 cm³/mol. The standard InChI is InChI=1S/C23H26N4O/c1-4-6-11-21(17-9-7-10-20(15-17)28-3)26-23(8-5-2)25-19-12-13-22-18(14-19)16-24-27-22/h5,7-16H,4,6H2,1-3H3,(H,24,27)(H,25,26)/b8-5-,21-11?. The third-order valence-electron chi connectivity index (χ3n) is 4.27. The summed E-state index contributed by atoms with van der Waals surface area (Å²) in [6.45, 7) is 4.14. The number of aromatic amines is 1. The van der Waals surface area contributed by atoms with Gasteiger partial charge in [-0.2, -0.15) is 5.10 Å². The minimum absolute atomic E-state index is 0.774. The van der Waals surface area contributed by atoms with E-state index >= 15 is 0 Å². The molecule has 0 amide bonds. The molecule has 28 heavy (non-hydrogen) atoms. The molecule has 5 heteroatoms. The molecule has 0 atom stereocenters. The highest BCUT2D eigenvalue weighted by atomic mass is 16.5. The van der Waals surface area contributed by atoms with E-state index in [9.17, 15) is 0 Å². The van der Waals surface area contributed by atoms with Gasteiger partial charge in [-0.1, -0.05) is 37.6 Å². The molecule has 0 aliphatic rings. The Morgan fingerprint density at radius 2 is 2.14 bits per heavy atom. The zero-order chi connectivity index (χ0) is 19.8. The van der Waals surface area contributed by atoms with E-state index in [1.807, 2.05) is 55.6 Å². The molecule has 0 unspecified atom stereocenters. The topological polar surface area (TPSA) is 62.3 Å². The number of anilines is 1. The summed E-state index contributed by atoms with van der Waals surface area (Å²) in [5, 5.41) is 11.5. The molecule has 5 nitrogen and oxygen atoms in total. The van der Waals surface area contributed by atoms with Gasteiger partial charge in [0, 0.05) is 16.6 Å². The minimum atomic E-state index is 0.774. The van der Waals surface area contributed by atoms with Gasteiger partial charge in [-0.3, -0.25) is 5.10 Å². The van der Waals surface area contributed by atoms with E-state index in [2.05, 4.69) is 40.6 Å². The first-order valence-corrected chi connectivity index (χ1v) is 9.49. The second-order valence-corrected chi connectivity index (χ2v) is 6.40. The molecule has 3 rings (SSSR count). The number of hydrogen-bond acceptors (Lipinski definition) is 3. The molecular weight excluding hydrogens is 348 g/mol. The zero-order valence-electron chi connectivity index (χ0n) is 16.6. The number of allylic oxidation sites excluding steroid dienone is 2. The van der Waals surface area contributed by atoms with Crippen molar-refractivity contribution in [2.45, 2.75) is 26.7 Å². The van der Waals surface area contributed by atoms with Crippen LogP contribution in [0.25, 0.3) is 16.6 Å². The summed E-state index contributed by atoms with van der Waals surface area (Å²) >= 11 is 0. The Morgan fingerprint density at radius 1 is 1.25 bits per heavy atom. The fourth-order valence-corrected chi connectivity index (χ4v) is 2.85. The van der Waals surface area contributed by atoms with Gasteiger partial charge in [0.15, 0.2) is 0 Å². The zero-order valence-corrected chi connectivity index (χ0v) is 16.6. The van der Waals surface area contributed by atoms with Gasteiger partial charge in [0.2, 0.25) is 0 Å². The summed E-state index contributed by atoms with van der Waals surface area (Å²) in [5.41, 5.74) is 3.92. The number of H-pyrrole nitrogens is 1. The first-order valence-electron chi connectivity index (χ1n) is 9.49. The van der Waals surface area contributed by atoms with Crippen molar-refractivity contribution in [1.82, 2.24) is 10.2 Å². The fraction of sp³-hybridized carbons (Fsp3) is 0.217. The molecule has 0 fully saturated rings. The highest BCUT2D eigenvalue weighted by Gasteiger charge is 2.05. The molecule has 2 N–H and O–H groups in total. The van der Waals surface area contributed by atoms with Gasteiger partial charge in [0.25, 0.3) is 0 Å². The van der Waals surface area contributed by atoms with Crippen LogP contribution in [-0.2, 0) is 0 Å². The van der Waals surface area contributed by atoms with Crippen molar-refractivity contribution in [2.24, 2.45) is 4.99 Å². The van der Waals surface area contributed by atoms with Gasteiger partial charge in [0.1, 0.15) is 11.6 Å². The normalized spacial score (nSPS) is 12.7. The molecule has 1 heterocycles. The monoisotopic (exact) mass is 374 g/mol. The Kier molecular flexibility index (Phi) is 6.63. The summed E-state index contributed by atoms with van der Waals surface area (Å²) in [4.78, 5) is 4.91. The Labute approximate surface area is 165 Å². The van der Waals surface area contributed by atoms with Crippen LogP contribution >= 0.6 is 0 Å². The number of ether oxygens (including phenoxy) is 1. The molecule has 0 radical (unpaired) electrons. The minimum Gasteiger partial charge on any atom is -0.497 e. The highest BCUT2D eigenvalue weighted by molar-refractivity contribution is 6.07. The SMILES string of the molecule is C/C=C\C(=NC(=CCCC)c1cccc(OC)c1)Nc1ccc2[nH]ncc2c1. The number of aliphatic imine (C=N–C) groups is 1. The van der Waals surface area contributed by atoms with Crippen LogP contribution in [0, 0.1) is 0 Å². The number of amidine groups is 1. The first kappa shape index (κ1) is 19.4. The van der Waals surface area contributed by atoms with E-state index in [0.717, 1.165) is 52.3 Å². The number of rotatable bonds is 7. The van der Waals surface area contributed by atoms with Gasteiger partial charge in [-0.25, -0.2) is 4.99 Å². The van der Waals surface area contributed by atoms with Crippen LogP contribution in [-0.4, -0.2) is 23.1 Å². The second kappa shape index (κ2) is 9.55. The smallest absolute Gasteiger partial charge is 0.130 e. The number of hydrogen-bond donors (Lipinski definition) is 2. The van der Waals surface area contributed by atoms with Crippen molar-refractivity contribution in [3.8, 4) is 5.75 Å². The molecule has 1 aromatic heterocycles. The van der Waals surface area contributed by atoms with Gasteiger partial charge in [-0.15, -0.1) is 0 Å². The Morgan fingerprint density at radius 3 is 2.93 bits per heavy atom. The molecule has 0 aliphatic carbocycles. The lowest BCUT2D eigenvalue weighted by Crippen LogP contribution is -2.09. The third kappa shape index (κ3) is 4.88. The highest BCUT2D eigenvalue weighted by Crippen LogP contribution is 2.23. The molecule has 0 bridgehead atoms. The van der Waals surface area contributed by atoms with Gasteiger partial charge < -0.3 is 10.1 Å². The summed E-state index contributed by atoms with van der Waals surface area (Å²) in [6, 6.07) is 14.1. The quantitative estimate of drug-likeness (QED) is 0.406. The average Bonchev–Trinajstić information content (AvgIpc) is 3.19.